The number of hydrogen-bond acceptors (Lipinski definition) is 2. The Labute approximate surface area is 89.1 Å². The smallest absolute Gasteiger partial charge is 0.0207 e. The first kappa shape index (κ1) is 13.9. The summed E-state index contributed by atoms with van der Waals surface area (Å²) in [6.45, 7) is 7.73. The minimum atomic E-state index is 0.532. The lowest BCUT2D eigenvalue weighted by Crippen LogP contribution is -2.11. The minimum absolute atomic E-state index is 0.532. The second kappa shape index (κ2) is 8.25. The SMILES string of the molecule is CCCC(C)(C)CCCCCCNO. The van der Waals surface area contributed by atoms with E-state index in [1.54, 1.807) is 0 Å². The highest BCUT2D eigenvalue weighted by Gasteiger charge is 2.15. The van der Waals surface area contributed by atoms with Crippen molar-refractivity contribution in [1.82, 2.24) is 5.48 Å². The zero-order chi connectivity index (χ0) is 10.9. The molecule has 0 atom stereocenters. The summed E-state index contributed by atoms with van der Waals surface area (Å²) in [6.07, 6.45) is 8.92. The summed E-state index contributed by atoms with van der Waals surface area (Å²) >= 11 is 0. The van der Waals surface area contributed by atoms with E-state index in [-0.39, 0.29) is 0 Å². The van der Waals surface area contributed by atoms with Gasteiger partial charge >= 0.3 is 0 Å². The fraction of sp³-hybridized carbons (Fsp3) is 1.00. The van der Waals surface area contributed by atoms with Crippen LogP contribution in [0.5, 0.6) is 0 Å². The number of hydroxylamine groups is 1. The minimum Gasteiger partial charge on any atom is -0.317 e. The average Bonchev–Trinajstić information content (AvgIpc) is 2.11. The van der Waals surface area contributed by atoms with Crippen molar-refractivity contribution in [2.75, 3.05) is 6.54 Å². The molecule has 14 heavy (non-hydrogen) atoms. The highest BCUT2D eigenvalue weighted by Crippen LogP contribution is 2.28. The van der Waals surface area contributed by atoms with Gasteiger partial charge in [-0.1, -0.05) is 46.5 Å². The Kier molecular flexibility index (Phi) is 8.20. The van der Waals surface area contributed by atoms with E-state index in [1.165, 1.54) is 38.5 Å². The van der Waals surface area contributed by atoms with Crippen molar-refractivity contribution in [2.24, 2.45) is 5.41 Å². The standard InChI is InChI=1S/C12H27NO/c1-4-9-12(2,3)10-7-5-6-8-11-13-14/h13-14H,4-11H2,1-3H3. The molecular weight excluding hydrogens is 174 g/mol. The van der Waals surface area contributed by atoms with Crippen molar-refractivity contribution in [1.29, 1.82) is 0 Å². The second-order valence-electron chi connectivity index (χ2n) is 4.99. The summed E-state index contributed by atoms with van der Waals surface area (Å²) < 4.78 is 0. The van der Waals surface area contributed by atoms with Crippen LogP contribution in [0.2, 0.25) is 0 Å². The molecule has 0 radical (unpaired) electrons. The van der Waals surface area contributed by atoms with Gasteiger partial charge in [0.2, 0.25) is 0 Å². The van der Waals surface area contributed by atoms with Crippen LogP contribution in [-0.2, 0) is 0 Å². The van der Waals surface area contributed by atoms with E-state index >= 15 is 0 Å². The van der Waals surface area contributed by atoms with Crippen LogP contribution in [0.4, 0.5) is 0 Å². The van der Waals surface area contributed by atoms with Gasteiger partial charge in [0.05, 0.1) is 0 Å². The zero-order valence-electron chi connectivity index (χ0n) is 10.1. The molecule has 86 valence electrons. The van der Waals surface area contributed by atoms with Crippen molar-refractivity contribution in [3.05, 3.63) is 0 Å². The lowest BCUT2D eigenvalue weighted by Gasteiger charge is -2.23. The molecule has 0 heterocycles. The second-order valence-corrected chi connectivity index (χ2v) is 4.99. The van der Waals surface area contributed by atoms with Gasteiger partial charge in [-0.15, -0.1) is 0 Å². The summed E-state index contributed by atoms with van der Waals surface area (Å²) in [7, 11) is 0. The van der Waals surface area contributed by atoms with Crippen molar-refractivity contribution < 1.29 is 5.21 Å². The van der Waals surface area contributed by atoms with Crippen LogP contribution >= 0.6 is 0 Å². The molecule has 0 aliphatic carbocycles. The summed E-state index contributed by atoms with van der Waals surface area (Å²) in [5, 5.41) is 8.37. The van der Waals surface area contributed by atoms with Crippen molar-refractivity contribution in [2.45, 2.75) is 65.7 Å². The van der Waals surface area contributed by atoms with Crippen LogP contribution in [0.25, 0.3) is 0 Å². The number of hydrogen-bond donors (Lipinski definition) is 2. The molecule has 0 amide bonds. The molecule has 0 saturated carbocycles. The van der Waals surface area contributed by atoms with Gasteiger partial charge in [-0.05, 0) is 24.7 Å². The lowest BCUT2D eigenvalue weighted by atomic mass is 9.83. The zero-order valence-corrected chi connectivity index (χ0v) is 10.1. The third-order valence-corrected chi connectivity index (χ3v) is 2.82. The van der Waals surface area contributed by atoms with Gasteiger partial charge in [-0.2, -0.15) is 0 Å². The van der Waals surface area contributed by atoms with Crippen LogP contribution in [0.3, 0.4) is 0 Å². The number of rotatable bonds is 9. The lowest BCUT2D eigenvalue weighted by molar-refractivity contribution is 0.164. The Bertz CT molecular complexity index is 123. The maximum absolute atomic E-state index is 8.37. The molecule has 0 aromatic carbocycles. The Morgan fingerprint density at radius 3 is 2.21 bits per heavy atom. The summed E-state index contributed by atoms with van der Waals surface area (Å²) in [5.74, 6) is 0. The summed E-state index contributed by atoms with van der Waals surface area (Å²) in [5.41, 5.74) is 2.73. The van der Waals surface area contributed by atoms with E-state index in [4.69, 9.17) is 5.21 Å². The molecule has 2 heteroatoms. The van der Waals surface area contributed by atoms with Gasteiger partial charge in [-0.25, -0.2) is 5.48 Å². The van der Waals surface area contributed by atoms with E-state index in [0.29, 0.717) is 5.41 Å². The maximum Gasteiger partial charge on any atom is 0.0207 e. The van der Waals surface area contributed by atoms with Crippen LogP contribution in [0.15, 0.2) is 0 Å². The Balaban J connectivity index is 3.26. The predicted molar refractivity (Wildman–Crippen MR) is 61.6 cm³/mol. The third kappa shape index (κ3) is 8.52. The monoisotopic (exact) mass is 201 g/mol. The van der Waals surface area contributed by atoms with Gasteiger partial charge < -0.3 is 5.21 Å². The fourth-order valence-electron chi connectivity index (χ4n) is 1.96. The molecular formula is C12H27NO. The highest BCUT2D eigenvalue weighted by molar-refractivity contribution is 4.67. The third-order valence-electron chi connectivity index (χ3n) is 2.82. The van der Waals surface area contributed by atoms with Gasteiger partial charge in [0.25, 0.3) is 0 Å². The molecule has 0 unspecified atom stereocenters. The molecule has 0 spiro atoms. The van der Waals surface area contributed by atoms with E-state index in [0.717, 1.165) is 13.0 Å². The average molecular weight is 201 g/mol. The van der Waals surface area contributed by atoms with E-state index in [2.05, 4.69) is 26.3 Å². The van der Waals surface area contributed by atoms with E-state index in [1.807, 2.05) is 0 Å². The quantitative estimate of drug-likeness (QED) is 0.440. The van der Waals surface area contributed by atoms with Crippen LogP contribution in [0, 0.1) is 5.41 Å². The molecule has 0 aromatic rings. The molecule has 0 aliphatic rings. The molecule has 2 nitrogen and oxygen atoms in total. The first-order valence-electron chi connectivity index (χ1n) is 5.99. The van der Waals surface area contributed by atoms with Crippen LogP contribution < -0.4 is 5.48 Å². The molecule has 0 fully saturated rings. The van der Waals surface area contributed by atoms with E-state index in [9.17, 15) is 0 Å². The largest absolute Gasteiger partial charge is 0.317 e. The summed E-state index contributed by atoms with van der Waals surface area (Å²) in [6, 6.07) is 0. The molecule has 0 bridgehead atoms. The topological polar surface area (TPSA) is 32.3 Å². The number of nitrogens with one attached hydrogen (secondary N) is 1. The molecule has 0 saturated heterocycles. The molecule has 0 aromatic heterocycles. The van der Waals surface area contributed by atoms with Gasteiger partial charge in [0.1, 0.15) is 0 Å². The van der Waals surface area contributed by atoms with Gasteiger partial charge in [-0.3, -0.25) is 0 Å². The van der Waals surface area contributed by atoms with Crippen LogP contribution in [-0.4, -0.2) is 11.8 Å². The van der Waals surface area contributed by atoms with Crippen molar-refractivity contribution in [3.63, 3.8) is 0 Å². The van der Waals surface area contributed by atoms with E-state index < -0.39 is 0 Å². The molecule has 0 aliphatic heterocycles. The first-order valence-corrected chi connectivity index (χ1v) is 5.99. The predicted octanol–water partition coefficient (Wildman–Crippen LogP) is 3.74. The number of unbranched alkanes of at least 4 members (excludes halogenated alkanes) is 3. The first-order chi connectivity index (χ1) is 6.62. The Morgan fingerprint density at radius 2 is 1.64 bits per heavy atom. The van der Waals surface area contributed by atoms with Gasteiger partial charge in [0, 0.05) is 6.54 Å². The normalized spacial score (nSPS) is 12.0. The Hall–Kier alpha value is -0.0800. The Morgan fingerprint density at radius 1 is 1.00 bits per heavy atom. The molecule has 0 rings (SSSR count). The highest BCUT2D eigenvalue weighted by atomic mass is 16.5. The summed E-state index contributed by atoms with van der Waals surface area (Å²) in [4.78, 5) is 0. The van der Waals surface area contributed by atoms with Crippen LogP contribution in [0.1, 0.15) is 65.7 Å². The fourth-order valence-corrected chi connectivity index (χ4v) is 1.96. The maximum atomic E-state index is 8.37. The van der Waals surface area contributed by atoms with Gasteiger partial charge in [0.15, 0.2) is 0 Å². The van der Waals surface area contributed by atoms with Crippen molar-refractivity contribution in [3.8, 4) is 0 Å². The molecule has 2 N–H and O–H groups in total. The van der Waals surface area contributed by atoms with Crippen molar-refractivity contribution >= 4 is 0 Å².